The second-order valence-electron chi connectivity index (χ2n) is 5.85. The van der Waals surface area contributed by atoms with Crippen LogP contribution in [-0.2, 0) is 14.6 Å². The van der Waals surface area contributed by atoms with Crippen LogP contribution in [0, 0.1) is 0 Å². The molecule has 0 radical (unpaired) electrons. The minimum atomic E-state index is -3.59. The highest BCUT2D eigenvalue weighted by molar-refractivity contribution is 7.91. The Morgan fingerprint density at radius 1 is 1.22 bits per heavy atom. The average molecular weight is 344 g/mol. The van der Waals surface area contributed by atoms with Crippen LogP contribution >= 0.6 is 0 Å². The molecule has 0 aliphatic rings. The molecule has 130 valence electrons. The predicted molar refractivity (Wildman–Crippen MR) is 87.5 cm³/mol. The molecule has 0 saturated carbocycles. The summed E-state index contributed by atoms with van der Waals surface area (Å²) in [5.74, 6) is 0.115. The number of amides is 1. The lowest BCUT2D eigenvalue weighted by molar-refractivity contribution is -0.120. The number of rotatable bonds is 8. The summed E-state index contributed by atoms with van der Waals surface area (Å²) < 4.78 is 34.8. The number of nitrogens with two attached hydrogens (primary N) is 1. The third-order valence-electron chi connectivity index (χ3n) is 3.05. The fraction of sp³-hybridized carbons (Fsp3) is 0.533. The highest BCUT2D eigenvalue weighted by Gasteiger charge is 2.19. The molecule has 0 spiro atoms. The highest BCUT2D eigenvalue weighted by Crippen LogP contribution is 2.29. The van der Waals surface area contributed by atoms with Crippen LogP contribution in [0.2, 0.25) is 0 Å². The molecular weight excluding hydrogens is 320 g/mol. The van der Waals surface area contributed by atoms with Crippen LogP contribution in [0.4, 0.5) is 0 Å². The molecule has 1 aromatic carbocycles. The lowest BCUT2D eigenvalue weighted by Crippen LogP contribution is -2.45. The Bertz CT molecular complexity index is 650. The smallest absolute Gasteiger partial charge is 0.221 e. The Hall–Kier alpha value is -1.80. The molecule has 3 N–H and O–H groups in total. The summed E-state index contributed by atoms with van der Waals surface area (Å²) in [6.07, 6.45) is -0.132. The van der Waals surface area contributed by atoms with Gasteiger partial charge in [0.2, 0.25) is 5.91 Å². The van der Waals surface area contributed by atoms with E-state index in [0.29, 0.717) is 11.5 Å². The van der Waals surface area contributed by atoms with Gasteiger partial charge in [-0.05, 0) is 26.0 Å². The maximum atomic E-state index is 12.3. The minimum absolute atomic E-state index is 0.0853. The second-order valence-corrected chi connectivity index (χ2v) is 7.96. The average Bonchev–Trinajstić information content (AvgIpc) is 2.49. The van der Waals surface area contributed by atoms with Gasteiger partial charge in [-0.15, -0.1) is 0 Å². The van der Waals surface area contributed by atoms with E-state index >= 15 is 0 Å². The van der Waals surface area contributed by atoms with Gasteiger partial charge in [-0.3, -0.25) is 4.79 Å². The molecule has 0 aliphatic heterocycles. The maximum Gasteiger partial charge on any atom is 0.221 e. The standard InChI is InChI=1S/C15H24N2O5S/c1-15(2,16)10-17-14(18)7-8-23(19,20)11-5-6-12(21-3)13(9-11)22-4/h5-6,9H,7-8,10,16H2,1-4H3,(H,17,18). The Balaban J connectivity index is 2.74. The van der Waals surface area contributed by atoms with Gasteiger partial charge in [-0.2, -0.15) is 0 Å². The van der Waals surface area contributed by atoms with Crippen molar-refractivity contribution in [3.63, 3.8) is 0 Å². The quantitative estimate of drug-likeness (QED) is 0.719. The molecule has 0 bridgehead atoms. The molecule has 0 heterocycles. The van der Waals surface area contributed by atoms with Crippen molar-refractivity contribution in [1.29, 1.82) is 0 Å². The molecule has 0 saturated heterocycles. The van der Waals surface area contributed by atoms with E-state index in [4.69, 9.17) is 15.2 Å². The lowest BCUT2D eigenvalue weighted by atomic mass is 10.1. The van der Waals surface area contributed by atoms with E-state index in [0.717, 1.165) is 0 Å². The molecule has 1 amide bonds. The SMILES string of the molecule is COc1ccc(S(=O)(=O)CCC(=O)NCC(C)(C)N)cc1OC. The molecule has 7 nitrogen and oxygen atoms in total. The zero-order chi connectivity index (χ0) is 17.7. The summed E-state index contributed by atoms with van der Waals surface area (Å²) in [7, 11) is -0.700. The molecule has 0 fully saturated rings. The molecule has 1 rings (SSSR count). The summed E-state index contributed by atoms with van der Waals surface area (Å²) in [4.78, 5) is 11.8. The number of hydrogen-bond acceptors (Lipinski definition) is 6. The number of sulfone groups is 1. The van der Waals surface area contributed by atoms with Crippen molar-refractivity contribution < 1.29 is 22.7 Å². The van der Waals surface area contributed by atoms with Crippen LogP contribution in [0.3, 0.4) is 0 Å². The Morgan fingerprint density at radius 3 is 2.35 bits per heavy atom. The third kappa shape index (κ3) is 6.07. The number of benzene rings is 1. The maximum absolute atomic E-state index is 12.3. The number of methoxy groups -OCH3 is 2. The topological polar surface area (TPSA) is 108 Å². The molecule has 8 heteroatoms. The third-order valence-corrected chi connectivity index (χ3v) is 4.77. The second kappa shape index (κ2) is 7.65. The summed E-state index contributed by atoms with van der Waals surface area (Å²) in [5, 5.41) is 2.61. The Labute approximate surface area is 137 Å². The molecule has 0 unspecified atom stereocenters. The number of hydrogen-bond donors (Lipinski definition) is 2. The fourth-order valence-corrected chi connectivity index (χ4v) is 3.02. The van der Waals surface area contributed by atoms with E-state index in [-0.39, 0.29) is 29.5 Å². The molecule has 0 aliphatic carbocycles. The normalized spacial score (nSPS) is 11.9. The van der Waals surface area contributed by atoms with E-state index in [1.54, 1.807) is 13.8 Å². The number of nitrogens with one attached hydrogen (secondary N) is 1. The number of carbonyl (C=O) groups excluding carboxylic acids is 1. The predicted octanol–water partition coefficient (Wildman–Crippen LogP) is 0.721. The first-order chi connectivity index (χ1) is 10.6. The lowest BCUT2D eigenvalue weighted by Gasteiger charge is -2.18. The van der Waals surface area contributed by atoms with Gasteiger partial charge >= 0.3 is 0 Å². The summed E-state index contributed by atoms with van der Waals surface area (Å²) in [6.45, 7) is 3.82. The van der Waals surface area contributed by atoms with Crippen molar-refractivity contribution in [3.8, 4) is 11.5 Å². The van der Waals surface area contributed by atoms with Gasteiger partial charge in [0, 0.05) is 24.6 Å². The van der Waals surface area contributed by atoms with Gasteiger partial charge in [0.1, 0.15) is 0 Å². The van der Waals surface area contributed by atoms with Gasteiger partial charge in [0.05, 0.1) is 24.9 Å². The van der Waals surface area contributed by atoms with Crippen molar-refractivity contribution in [2.45, 2.75) is 30.7 Å². The molecular formula is C15H24N2O5S. The monoisotopic (exact) mass is 344 g/mol. The number of ether oxygens (including phenoxy) is 2. The van der Waals surface area contributed by atoms with Crippen LogP contribution in [0.15, 0.2) is 23.1 Å². The van der Waals surface area contributed by atoms with Crippen LogP contribution in [-0.4, -0.2) is 46.4 Å². The highest BCUT2D eigenvalue weighted by atomic mass is 32.2. The number of carbonyl (C=O) groups is 1. The Morgan fingerprint density at radius 2 is 1.83 bits per heavy atom. The Kier molecular flexibility index (Phi) is 6.40. The van der Waals surface area contributed by atoms with Gasteiger partial charge in [0.25, 0.3) is 0 Å². The van der Waals surface area contributed by atoms with Crippen molar-refractivity contribution in [3.05, 3.63) is 18.2 Å². The molecule has 0 atom stereocenters. The first-order valence-electron chi connectivity index (χ1n) is 7.09. The van der Waals surface area contributed by atoms with Crippen molar-refractivity contribution in [1.82, 2.24) is 5.32 Å². The molecule has 0 aromatic heterocycles. The van der Waals surface area contributed by atoms with Crippen LogP contribution in [0.25, 0.3) is 0 Å². The van der Waals surface area contributed by atoms with Crippen LogP contribution in [0.5, 0.6) is 11.5 Å². The van der Waals surface area contributed by atoms with E-state index in [1.807, 2.05) is 0 Å². The van der Waals surface area contributed by atoms with Crippen LogP contribution < -0.4 is 20.5 Å². The molecule has 23 heavy (non-hydrogen) atoms. The van der Waals surface area contributed by atoms with Crippen LogP contribution in [0.1, 0.15) is 20.3 Å². The first-order valence-corrected chi connectivity index (χ1v) is 8.74. The first kappa shape index (κ1) is 19.2. The van der Waals surface area contributed by atoms with E-state index < -0.39 is 15.4 Å². The van der Waals surface area contributed by atoms with Gasteiger partial charge in [-0.1, -0.05) is 0 Å². The van der Waals surface area contributed by atoms with Crippen molar-refractivity contribution in [2.75, 3.05) is 26.5 Å². The zero-order valence-electron chi connectivity index (χ0n) is 13.9. The van der Waals surface area contributed by atoms with Crippen molar-refractivity contribution >= 4 is 15.7 Å². The van der Waals surface area contributed by atoms with E-state index in [1.165, 1.54) is 32.4 Å². The van der Waals surface area contributed by atoms with E-state index in [2.05, 4.69) is 5.32 Å². The van der Waals surface area contributed by atoms with Gasteiger partial charge < -0.3 is 20.5 Å². The summed E-state index contributed by atoms with van der Waals surface area (Å²) in [5.41, 5.74) is 5.21. The minimum Gasteiger partial charge on any atom is -0.493 e. The zero-order valence-corrected chi connectivity index (χ0v) is 14.7. The summed E-state index contributed by atoms with van der Waals surface area (Å²) in [6, 6.07) is 4.33. The molecule has 1 aromatic rings. The largest absolute Gasteiger partial charge is 0.493 e. The fourth-order valence-electron chi connectivity index (χ4n) is 1.77. The van der Waals surface area contributed by atoms with E-state index in [9.17, 15) is 13.2 Å². The van der Waals surface area contributed by atoms with Gasteiger partial charge in [0.15, 0.2) is 21.3 Å². The summed E-state index contributed by atoms with van der Waals surface area (Å²) >= 11 is 0. The van der Waals surface area contributed by atoms with Crippen molar-refractivity contribution in [2.24, 2.45) is 5.73 Å². The van der Waals surface area contributed by atoms with Gasteiger partial charge in [-0.25, -0.2) is 8.42 Å².